The summed E-state index contributed by atoms with van der Waals surface area (Å²) in [6.07, 6.45) is 3.90. The van der Waals surface area contributed by atoms with Crippen LogP contribution in [0.1, 0.15) is 11.1 Å². The molecular weight excluding hydrogens is 300 g/mol. The van der Waals surface area contributed by atoms with E-state index in [9.17, 15) is 4.79 Å². The highest BCUT2D eigenvalue weighted by Gasteiger charge is 2.09. The number of nitrogens with zero attached hydrogens (tertiary/aromatic N) is 2. The van der Waals surface area contributed by atoms with Crippen molar-refractivity contribution in [1.82, 2.24) is 9.78 Å². The van der Waals surface area contributed by atoms with Crippen molar-refractivity contribution in [3.8, 4) is 11.3 Å². The predicted molar refractivity (Wildman–Crippen MR) is 96.3 cm³/mol. The van der Waals surface area contributed by atoms with Crippen LogP contribution in [0.5, 0.6) is 0 Å². The molecule has 0 saturated carbocycles. The van der Waals surface area contributed by atoms with Crippen LogP contribution < -0.4 is 5.56 Å². The lowest BCUT2D eigenvalue weighted by Crippen LogP contribution is -2.24. The Hall–Kier alpha value is -2.98. The first-order chi connectivity index (χ1) is 11.8. The van der Waals surface area contributed by atoms with E-state index in [1.807, 2.05) is 72.8 Å². The molecule has 3 aromatic rings. The Kier molecular flexibility index (Phi) is 4.99. The Bertz CT molecular complexity index is 885. The van der Waals surface area contributed by atoms with Gasteiger partial charge in [0.15, 0.2) is 0 Å². The van der Waals surface area contributed by atoms with E-state index in [0.717, 1.165) is 22.4 Å². The molecule has 0 amide bonds. The number of hydrogen-bond donors (Lipinski definition) is 0. The first kappa shape index (κ1) is 15.9. The van der Waals surface area contributed by atoms with Crippen molar-refractivity contribution < 1.29 is 4.74 Å². The molecule has 1 heterocycles. The second kappa shape index (κ2) is 7.53. The molecular formula is C20H18N2O2. The Labute approximate surface area is 140 Å². The molecule has 1 aromatic heterocycles. The van der Waals surface area contributed by atoms with Crippen LogP contribution in [-0.4, -0.2) is 16.9 Å². The molecule has 120 valence electrons. The minimum Gasteiger partial charge on any atom is -0.362 e. The Morgan fingerprint density at radius 2 is 1.67 bits per heavy atom. The summed E-state index contributed by atoms with van der Waals surface area (Å²) in [6.45, 7) is 0.126. The van der Waals surface area contributed by atoms with Gasteiger partial charge in [0, 0.05) is 24.3 Å². The lowest BCUT2D eigenvalue weighted by molar-refractivity contribution is 0.116. The van der Waals surface area contributed by atoms with E-state index in [2.05, 4.69) is 5.10 Å². The molecule has 0 aliphatic heterocycles. The van der Waals surface area contributed by atoms with Crippen LogP contribution in [0.15, 0.2) is 71.5 Å². The molecule has 0 unspecified atom stereocenters. The summed E-state index contributed by atoms with van der Waals surface area (Å²) in [5.74, 6) is 0. The molecule has 0 N–H and O–H groups in total. The van der Waals surface area contributed by atoms with E-state index >= 15 is 0 Å². The van der Waals surface area contributed by atoms with Crippen molar-refractivity contribution in [2.45, 2.75) is 6.73 Å². The summed E-state index contributed by atoms with van der Waals surface area (Å²) >= 11 is 0. The van der Waals surface area contributed by atoms with Gasteiger partial charge in [-0.05, 0) is 5.56 Å². The van der Waals surface area contributed by atoms with Gasteiger partial charge in [-0.1, -0.05) is 72.8 Å². The third-order valence-corrected chi connectivity index (χ3v) is 3.58. The van der Waals surface area contributed by atoms with E-state index in [1.165, 1.54) is 4.68 Å². The molecule has 0 aliphatic carbocycles. The molecule has 4 heteroatoms. The Morgan fingerprint density at radius 1 is 1.00 bits per heavy atom. The Balaban J connectivity index is 2.08. The van der Waals surface area contributed by atoms with Gasteiger partial charge >= 0.3 is 0 Å². The molecule has 0 bridgehead atoms. The fourth-order valence-corrected chi connectivity index (χ4v) is 2.42. The number of rotatable bonds is 5. The second-order valence-corrected chi connectivity index (χ2v) is 5.31. The van der Waals surface area contributed by atoms with E-state index in [-0.39, 0.29) is 12.3 Å². The predicted octanol–water partition coefficient (Wildman–Crippen LogP) is 3.68. The van der Waals surface area contributed by atoms with Gasteiger partial charge in [-0.2, -0.15) is 5.10 Å². The van der Waals surface area contributed by atoms with Crippen LogP contribution in [-0.2, 0) is 11.5 Å². The first-order valence-corrected chi connectivity index (χ1v) is 7.67. The lowest BCUT2D eigenvalue weighted by Gasteiger charge is -2.09. The molecule has 0 atom stereocenters. The number of methoxy groups -OCH3 is 1. The third kappa shape index (κ3) is 3.67. The van der Waals surface area contributed by atoms with Crippen molar-refractivity contribution in [2.24, 2.45) is 0 Å². The topological polar surface area (TPSA) is 44.1 Å². The van der Waals surface area contributed by atoms with E-state index in [0.29, 0.717) is 0 Å². The molecule has 2 aromatic carbocycles. The monoisotopic (exact) mass is 318 g/mol. The molecule has 24 heavy (non-hydrogen) atoms. The SMILES string of the molecule is COCn1nc(-c2ccccc2)c(/C=C/c2ccccc2)cc1=O. The average Bonchev–Trinajstić information content (AvgIpc) is 2.63. The normalized spacial score (nSPS) is 11.0. The molecule has 0 saturated heterocycles. The maximum absolute atomic E-state index is 12.2. The number of aromatic nitrogens is 2. The quantitative estimate of drug-likeness (QED) is 0.721. The first-order valence-electron chi connectivity index (χ1n) is 7.67. The van der Waals surface area contributed by atoms with Gasteiger partial charge in [0.05, 0.1) is 5.69 Å². The maximum atomic E-state index is 12.2. The number of benzene rings is 2. The van der Waals surface area contributed by atoms with Crippen molar-refractivity contribution in [3.63, 3.8) is 0 Å². The van der Waals surface area contributed by atoms with Crippen LogP contribution in [0.25, 0.3) is 23.4 Å². The average molecular weight is 318 g/mol. The second-order valence-electron chi connectivity index (χ2n) is 5.31. The summed E-state index contributed by atoms with van der Waals surface area (Å²) in [4.78, 5) is 12.2. The fourth-order valence-electron chi connectivity index (χ4n) is 2.42. The molecule has 0 spiro atoms. The molecule has 0 fully saturated rings. The van der Waals surface area contributed by atoms with Crippen LogP contribution in [0.3, 0.4) is 0 Å². The Morgan fingerprint density at radius 3 is 2.33 bits per heavy atom. The highest BCUT2D eigenvalue weighted by molar-refractivity contribution is 5.78. The van der Waals surface area contributed by atoms with Gasteiger partial charge in [0.25, 0.3) is 5.56 Å². The summed E-state index contributed by atoms with van der Waals surface area (Å²) in [5.41, 5.74) is 3.36. The van der Waals surface area contributed by atoms with Crippen molar-refractivity contribution >= 4 is 12.2 Å². The van der Waals surface area contributed by atoms with Gasteiger partial charge in [-0.3, -0.25) is 4.79 Å². The minimum absolute atomic E-state index is 0.126. The van der Waals surface area contributed by atoms with E-state index in [4.69, 9.17) is 4.74 Å². The van der Waals surface area contributed by atoms with Crippen LogP contribution in [0.4, 0.5) is 0 Å². The highest BCUT2D eigenvalue weighted by Crippen LogP contribution is 2.21. The zero-order valence-electron chi connectivity index (χ0n) is 13.4. The molecule has 0 radical (unpaired) electrons. The van der Waals surface area contributed by atoms with Crippen molar-refractivity contribution in [2.75, 3.05) is 7.11 Å². The van der Waals surface area contributed by atoms with E-state index in [1.54, 1.807) is 13.2 Å². The van der Waals surface area contributed by atoms with Crippen LogP contribution in [0.2, 0.25) is 0 Å². The summed E-state index contributed by atoms with van der Waals surface area (Å²) in [6, 6.07) is 21.4. The molecule has 3 rings (SSSR count). The smallest absolute Gasteiger partial charge is 0.269 e. The van der Waals surface area contributed by atoms with Gasteiger partial charge in [-0.25, -0.2) is 4.68 Å². The number of ether oxygens (including phenoxy) is 1. The summed E-state index contributed by atoms with van der Waals surface area (Å²) < 4.78 is 6.37. The van der Waals surface area contributed by atoms with Crippen LogP contribution in [0, 0.1) is 0 Å². The molecule has 0 aliphatic rings. The van der Waals surface area contributed by atoms with Gasteiger partial charge in [-0.15, -0.1) is 0 Å². The zero-order valence-corrected chi connectivity index (χ0v) is 13.4. The van der Waals surface area contributed by atoms with Gasteiger partial charge in [0.1, 0.15) is 6.73 Å². The van der Waals surface area contributed by atoms with Crippen molar-refractivity contribution in [1.29, 1.82) is 0 Å². The fraction of sp³-hybridized carbons (Fsp3) is 0.100. The van der Waals surface area contributed by atoms with Crippen molar-refractivity contribution in [3.05, 3.63) is 88.2 Å². The lowest BCUT2D eigenvalue weighted by atomic mass is 10.1. The van der Waals surface area contributed by atoms with Gasteiger partial charge in [0.2, 0.25) is 0 Å². The highest BCUT2D eigenvalue weighted by atomic mass is 16.5. The number of hydrogen-bond acceptors (Lipinski definition) is 3. The maximum Gasteiger partial charge on any atom is 0.269 e. The van der Waals surface area contributed by atoms with Gasteiger partial charge < -0.3 is 4.74 Å². The largest absolute Gasteiger partial charge is 0.362 e. The zero-order chi connectivity index (χ0) is 16.8. The minimum atomic E-state index is -0.191. The van der Waals surface area contributed by atoms with E-state index < -0.39 is 0 Å². The third-order valence-electron chi connectivity index (χ3n) is 3.58. The summed E-state index contributed by atoms with van der Waals surface area (Å²) in [7, 11) is 1.54. The van der Waals surface area contributed by atoms with Crippen LogP contribution >= 0.6 is 0 Å². The molecule has 4 nitrogen and oxygen atoms in total. The standard InChI is InChI=1S/C20H18N2O2/c1-24-15-22-19(23)14-18(13-12-16-8-4-2-5-9-16)20(21-22)17-10-6-3-7-11-17/h2-14H,15H2,1H3/b13-12+. The summed E-state index contributed by atoms with van der Waals surface area (Å²) in [5, 5.41) is 4.47.